The first-order valence-electron chi connectivity index (χ1n) is 5.90. The van der Waals surface area contributed by atoms with Gasteiger partial charge in [0.25, 0.3) is 9.05 Å². The van der Waals surface area contributed by atoms with Gasteiger partial charge in [-0.15, -0.1) is 0 Å². The second kappa shape index (κ2) is 6.76. The number of nitrogens with zero attached hydrogens (tertiary/aromatic N) is 2. The van der Waals surface area contributed by atoms with Crippen molar-refractivity contribution < 1.29 is 17.5 Å². The molecule has 0 saturated heterocycles. The number of aromatic nitrogens is 2. The van der Waals surface area contributed by atoms with Crippen LogP contribution in [0.1, 0.15) is 6.42 Å². The second-order valence-corrected chi connectivity index (χ2v) is 7.54. The molecule has 0 bridgehead atoms. The first kappa shape index (κ1) is 16.3. The van der Waals surface area contributed by atoms with Crippen LogP contribution in [0.3, 0.4) is 0 Å². The van der Waals surface area contributed by atoms with Crippen LogP contribution in [0, 0.1) is 5.82 Å². The van der Waals surface area contributed by atoms with E-state index in [9.17, 15) is 12.8 Å². The number of halogens is 3. The molecule has 0 aliphatic carbocycles. The Morgan fingerprint density at radius 3 is 2.81 bits per heavy atom. The standard InChI is InChI=1S/C12H11BrClFN2O3S/c13-9-6-12(21(14,18)19)10(15)7-11(9)20-5-1-3-17-4-2-16-8-17/h2,4,6-8H,1,3,5H2. The molecule has 0 atom stereocenters. The van der Waals surface area contributed by atoms with Crippen LogP contribution in [0.2, 0.25) is 0 Å². The molecule has 0 saturated carbocycles. The van der Waals surface area contributed by atoms with Crippen LogP contribution in [0.4, 0.5) is 4.39 Å². The van der Waals surface area contributed by atoms with Gasteiger partial charge < -0.3 is 9.30 Å². The van der Waals surface area contributed by atoms with Gasteiger partial charge in [0.05, 0.1) is 17.4 Å². The van der Waals surface area contributed by atoms with E-state index in [4.69, 9.17) is 15.4 Å². The zero-order chi connectivity index (χ0) is 15.5. The van der Waals surface area contributed by atoms with Gasteiger partial charge in [0.15, 0.2) is 0 Å². The Kier molecular flexibility index (Phi) is 5.23. The number of hydrogen-bond acceptors (Lipinski definition) is 4. The van der Waals surface area contributed by atoms with Crippen molar-refractivity contribution in [3.63, 3.8) is 0 Å². The van der Waals surface area contributed by atoms with Crippen molar-refractivity contribution in [3.05, 3.63) is 41.1 Å². The lowest BCUT2D eigenvalue weighted by atomic mass is 10.3. The zero-order valence-electron chi connectivity index (χ0n) is 10.7. The fourth-order valence-electron chi connectivity index (χ4n) is 1.66. The summed E-state index contributed by atoms with van der Waals surface area (Å²) >= 11 is 3.13. The Hall–Kier alpha value is -1.12. The van der Waals surface area contributed by atoms with Crippen molar-refractivity contribution in [1.82, 2.24) is 9.55 Å². The highest BCUT2D eigenvalue weighted by Crippen LogP contribution is 2.31. The fraction of sp³-hybridized carbons (Fsp3) is 0.250. The number of imidazole rings is 1. The molecule has 0 amide bonds. The van der Waals surface area contributed by atoms with Crippen LogP contribution < -0.4 is 4.74 Å². The molecular formula is C12H11BrClFN2O3S. The molecular weight excluding hydrogens is 387 g/mol. The first-order valence-corrected chi connectivity index (χ1v) is 9.00. The highest BCUT2D eigenvalue weighted by molar-refractivity contribution is 9.10. The second-order valence-electron chi connectivity index (χ2n) is 4.15. The summed E-state index contributed by atoms with van der Waals surface area (Å²) in [5.41, 5.74) is 0. The molecule has 21 heavy (non-hydrogen) atoms. The van der Waals surface area contributed by atoms with E-state index in [1.165, 1.54) is 0 Å². The van der Waals surface area contributed by atoms with Crippen LogP contribution in [0.5, 0.6) is 5.75 Å². The van der Waals surface area contributed by atoms with E-state index in [1.54, 1.807) is 12.5 Å². The molecule has 1 aromatic carbocycles. The summed E-state index contributed by atoms with van der Waals surface area (Å²) in [5.74, 6) is -0.722. The number of aryl methyl sites for hydroxylation is 1. The van der Waals surface area contributed by atoms with Crippen LogP contribution in [0.25, 0.3) is 0 Å². The average Bonchev–Trinajstić information content (AvgIpc) is 2.90. The predicted molar refractivity (Wildman–Crippen MR) is 79.5 cm³/mol. The molecule has 0 fully saturated rings. The molecule has 114 valence electrons. The van der Waals surface area contributed by atoms with E-state index in [-0.39, 0.29) is 5.75 Å². The predicted octanol–water partition coefficient (Wildman–Crippen LogP) is 3.18. The molecule has 2 rings (SSSR count). The van der Waals surface area contributed by atoms with Crippen molar-refractivity contribution in [2.45, 2.75) is 17.9 Å². The van der Waals surface area contributed by atoms with Crippen molar-refractivity contribution in [1.29, 1.82) is 0 Å². The molecule has 0 N–H and O–H groups in total. The third-order valence-electron chi connectivity index (χ3n) is 2.63. The monoisotopic (exact) mass is 396 g/mol. The van der Waals surface area contributed by atoms with Gasteiger partial charge in [-0.05, 0) is 28.4 Å². The Labute approximate surface area is 134 Å². The smallest absolute Gasteiger partial charge is 0.264 e. The molecule has 5 nitrogen and oxygen atoms in total. The van der Waals surface area contributed by atoms with Crippen molar-refractivity contribution in [2.24, 2.45) is 0 Å². The van der Waals surface area contributed by atoms with Gasteiger partial charge in [-0.1, -0.05) is 0 Å². The van der Waals surface area contributed by atoms with Crippen LogP contribution in [0.15, 0.2) is 40.2 Å². The molecule has 0 aliphatic rings. The molecule has 0 spiro atoms. The highest BCUT2D eigenvalue weighted by atomic mass is 79.9. The number of rotatable bonds is 6. The van der Waals surface area contributed by atoms with Gasteiger partial charge in [-0.2, -0.15) is 0 Å². The third kappa shape index (κ3) is 4.42. The lowest BCUT2D eigenvalue weighted by Crippen LogP contribution is -2.04. The minimum atomic E-state index is -4.13. The Morgan fingerprint density at radius 1 is 1.43 bits per heavy atom. The maximum absolute atomic E-state index is 13.7. The molecule has 9 heteroatoms. The van der Waals surface area contributed by atoms with E-state index < -0.39 is 19.8 Å². The third-order valence-corrected chi connectivity index (χ3v) is 4.58. The molecule has 0 aliphatic heterocycles. The maximum atomic E-state index is 13.7. The van der Waals surface area contributed by atoms with Crippen molar-refractivity contribution in [2.75, 3.05) is 6.61 Å². The van der Waals surface area contributed by atoms with Crippen LogP contribution >= 0.6 is 26.6 Å². The highest BCUT2D eigenvalue weighted by Gasteiger charge is 2.19. The quantitative estimate of drug-likeness (QED) is 0.555. The van der Waals surface area contributed by atoms with E-state index >= 15 is 0 Å². The van der Waals surface area contributed by atoms with Gasteiger partial charge in [-0.25, -0.2) is 17.8 Å². The number of ether oxygens (including phenoxy) is 1. The van der Waals surface area contributed by atoms with Gasteiger partial charge in [0.2, 0.25) is 0 Å². The summed E-state index contributed by atoms with van der Waals surface area (Å²) in [7, 11) is 1.01. The molecule has 1 aromatic heterocycles. The summed E-state index contributed by atoms with van der Waals surface area (Å²) in [6.07, 6.45) is 5.89. The summed E-state index contributed by atoms with van der Waals surface area (Å²) in [6, 6.07) is 2.08. The van der Waals surface area contributed by atoms with E-state index in [1.807, 2.05) is 10.8 Å². The topological polar surface area (TPSA) is 61.2 Å². The summed E-state index contributed by atoms with van der Waals surface area (Å²) in [5, 5.41) is 0. The SMILES string of the molecule is O=S(=O)(Cl)c1cc(Br)c(OCCCn2ccnc2)cc1F. The van der Waals surface area contributed by atoms with E-state index in [2.05, 4.69) is 20.9 Å². The van der Waals surface area contributed by atoms with Crippen molar-refractivity contribution >= 4 is 35.7 Å². The molecule has 2 aromatic rings. The Balaban J connectivity index is 1.99. The largest absolute Gasteiger partial charge is 0.492 e. The van der Waals surface area contributed by atoms with Gasteiger partial charge >= 0.3 is 0 Å². The Morgan fingerprint density at radius 2 is 2.19 bits per heavy atom. The molecule has 1 heterocycles. The van der Waals surface area contributed by atoms with Gasteiger partial charge in [-0.3, -0.25) is 0 Å². The van der Waals surface area contributed by atoms with Crippen molar-refractivity contribution in [3.8, 4) is 5.75 Å². The lowest BCUT2D eigenvalue weighted by Gasteiger charge is -2.10. The van der Waals surface area contributed by atoms with E-state index in [0.717, 1.165) is 12.1 Å². The molecule has 0 radical (unpaired) electrons. The average molecular weight is 398 g/mol. The normalized spacial score (nSPS) is 11.6. The maximum Gasteiger partial charge on any atom is 0.264 e. The minimum absolute atomic E-state index is 0.224. The fourth-order valence-corrected chi connectivity index (χ4v) is 3.17. The minimum Gasteiger partial charge on any atom is -0.492 e. The summed E-state index contributed by atoms with van der Waals surface area (Å²) < 4.78 is 43.7. The molecule has 0 unspecified atom stereocenters. The Bertz CT molecular complexity index is 722. The lowest BCUT2D eigenvalue weighted by molar-refractivity contribution is 0.298. The van der Waals surface area contributed by atoms with Gasteiger partial charge in [0.1, 0.15) is 16.5 Å². The first-order chi connectivity index (χ1) is 9.88. The van der Waals surface area contributed by atoms with Crippen LogP contribution in [-0.2, 0) is 15.6 Å². The van der Waals surface area contributed by atoms with E-state index in [0.29, 0.717) is 24.0 Å². The summed E-state index contributed by atoms with van der Waals surface area (Å²) in [4.78, 5) is 3.33. The van der Waals surface area contributed by atoms with Crippen LogP contribution in [-0.4, -0.2) is 24.6 Å². The van der Waals surface area contributed by atoms with Gasteiger partial charge in [0, 0.05) is 35.7 Å². The summed E-state index contributed by atoms with van der Waals surface area (Å²) in [6.45, 7) is 1.07. The number of benzene rings is 1. The number of hydrogen-bond donors (Lipinski definition) is 0. The zero-order valence-corrected chi connectivity index (χ0v) is 13.8.